The van der Waals surface area contributed by atoms with Gasteiger partial charge in [-0.1, -0.05) is 27.5 Å². The second-order valence-corrected chi connectivity index (χ2v) is 5.15. The van der Waals surface area contributed by atoms with Gasteiger partial charge in [-0.15, -0.1) is 0 Å². The third-order valence-electron chi connectivity index (χ3n) is 2.42. The van der Waals surface area contributed by atoms with Crippen molar-refractivity contribution in [3.63, 3.8) is 0 Å². The van der Waals surface area contributed by atoms with Crippen molar-refractivity contribution in [2.24, 2.45) is 0 Å². The number of rotatable bonds is 4. The van der Waals surface area contributed by atoms with Crippen LogP contribution >= 0.6 is 27.5 Å². The van der Waals surface area contributed by atoms with Gasteiger partial charge < -0.3 is 4.74 Å². The van der Waals surface area contributed by atoms with E-state index in [0.717, 1.165) is 0 Å². The van der Waals surface area contributed by atoms with Crippen molar-refractivity contribution < 1.29 is 13.9 Å². The second kappa shape index (κ2) is 6.17. The number of ether oxygens (including phenoxy) is 1. The fraction of sp³-hybridized carbons (Fsp3) is 0.0714. The van der Waals surface area contributed by atoms with E-state index in [0.29, 0.717) is 15.1 Å². The maximum atomic E-state index is 13.4. The van der Waals surface area contributed by atoms with Crippen molar-refractivity contribution in [2.75, 3.05) is 6.61 Å². The average Bonchev–Trinajstić information content (AvgIpc) is 2.40. The Bertz CT molecular complexity index is 599. The standard InChI is InChI=1S/C14H9BrClFO2/c15-10-3-6-12(17)14(7-10)19-8-13(18)9-1-4-11(16)5-2-9/h1-7H,8H2. The molecule has 0 unspecified atom stereocenters. The molecule has 0 aromatic heterocycles. The number of Topliss-reactive ketones (excluding diaryl/α,β-unsaturated/α-hetero) is 1. The highest BCUT2D eigenvalue weighted by Gasteiger charge is 2.09. The highest BCUT2D eigenvalue weighted by atomic mass is 79.9. The molecule has 0 spiro atoms. The lowest BCUT2D eigenvalue weighted by Gasteiger charge is -2.07. The number of halogens is 3. The third kappa shape index (κ3) is 3.78. The SMILES string of the molecule is O=C(COc1cc(Br)ccc1F)c1ccc(Cl)cc1. The maximum absolute atomic E-state index is 13.4. The molecular formula is C14H9BrClFO2. The van der Waals surface area contributed by atoms with Crippen LogP contribution in [0.4, 0.5) is 4.39 Å². The Morgan fingerprint density at radius 2 is 1.89 bits per heavy atom. The molecular weight excluding hydrogens is 335 g/mol. The first-order valence-corrected chi connectivity index (χ1v) is 6.60. The van der Waals surface area contributed by atoms with Crippen LogP contribution in [0.2, 0.25) is 5.02 Å². The largest absolute Gasteiger partial charge is 0.482 e. The molecule has 2 aromatic rings. The van der Waals surface area contributed by atoms with Crippen LogP contribution in [0.1, 0.15) is 10.4 Å². The van der Waals surface area contributed by atoms with Crippen molar-refractivity contribution >= 4 is 33.3 Å². The predicted octanol–water partition coefficient (Wildman–Crippen LogP) is 4.50. The van der Waals surface area contributed by atoms with Crippen LogP contribution in [0.15, 0.2) is 46.9 Å². The molecule has 2 rings (SSSR count). The summed E-state index contributed by atoms with van der Waals surface area (Å²) in [5.74, 6) is -0.708. The summed E-state index contributed by atoms with van der Waals surface area (Å²) < 4.78 is 19.3. The molecule has 0 aliphatic carbocycles. The Balaban J connectivity index is 2.04. The van der Waals surface area contributed by atoms with Gasteiger partial charge in [0, 0.05) is 15.1 Å². The van der Waals surface area contributed by atoms with Crippen LogP contribution in [0.5, 0.6) is 5.75 Å². The van der Waals surface area contributed by atoms with Crippen molar-refractivity contribution in [3.05, 3.63) is 63.3 Å². The number of hydrogen-bond donors (Lipinski definition) is 0. The summed E-state index contributed by atoms with van der Waals surface area (Å²) >= 11 is 8.94. The summed E-state index contributed by atoms with van der Waals surface area (Å²) in [7, 11) is 0. The molecule has 0 aliphatic heterocycles. The van der Waals surface area contributed by atoms with Crippen molar-refractivity contribution in [1.29, 1.82) is 0 Å². The van der Waals surface area contributed by atoms with E-state index in [2.05, 4.69) is 15.9 Å². The Kier molecular flexibility index (Phi) is 4.56. The van der Waals surface area contributed by atoms with Crippen LogP contribution in [0.25, 0.3) is 0 Å². The zero-order chi connectivity index (χ0) is 13.8. The van der Waals surface area contributed by atoms with E-state index in [1.165, 1.54) is 12.1 Å². The number of ketones is 1. The normalized spacial score (nSPS) is 10.3. The van der Waals surface area contributed by atoms with E-state index in [9.17, 15) is 9.18 Å². The second-order valence-electron chi connectivity index (χ2n) is 3.79. The minimum Gasteiger partial charge on any atom is -0.482 e. The van der Waals surface area contributed by atoms with Crippen LogP contribution in [-0.2, 0) is 0 Å². The Hall–Kier alpha value is -1.39. The van der Waals surface area contributed by atoms with Gasteiger partial charge in [0.15, 0.2) is 24.0 Å². The molecule has 0 bridgehead atoms. The van der Waals surface area contributed by atoms with E-state index in [1.807, 2.05) is 0 Å². The molecule has 0 saturated carbocycles. The van der Waals surface area contributed by atoms with Crippen LogP contribution in [0.3, 0.4) is 0 Å². The van der Waals surface area contributed by atoms with Crippen molar-refractivity contribution in [2.45, 2.75) is 0 Å². The molecule has 5 heteroatoms. The van der Waals surface area contributed by atoms with Gasteiger partial charge in [0.1, 0.15) is 0 Å². The molecule has 0 N–H and O–H groups in total. The number of carbonyl (C=O) groups excluding carboxylic acids is 1. The Morgan fingerprint density at radius 3 is 2.58 bits per heavy atom. The van der Waals surface area contributed by atoms with E-state index < -0.39 is 5.82 Å². The summed E-state index contributed by atoms with van der Waals surface area (Å²) in [6, 6.07) is 10.7. The van der Waals surface area contributed by atoms with Crippen molar-refractivity contribution in [3.8, 4) is 5.75 Å². The van der Waals surface area contributed by atoms with Gasteiger partial charge in [-0.05, 0) is 42.5 Å². The smallest absolute Gasteiger partial charge is 0.200 e. The molecule has 2 nitrogen and oxygen atoms in total. The van der Waals surface area contributed by atoms with Crippen LogP contribution in [-0.4, -0.2) is 12.4 Å². The zero-order valence-corrected chi connectivity index (χ0v) is 12.0. The lowest BCUT2D eigenvalue weighted by atomic mass is 10.1. The molecule has 0 fully saturated rings. The summed E-state index contributed by atoms with van der Waals surface area (Å²) in [4.78, 5) is 11.8. The lowest BCUT2D eigenvalue weighted by molar-refractivity contribution is 0.0918. The molecule has 0 aliphatic rings. The first-order valence-electron chi connectivity index (χ1n) is 5.43. The summed E-state index contributed by atoms with van der Waals surface area (Å²) in [6.07, 6.45) is 0. The fourth-order valence-electron chi connectivity index (χ4n) is 1.45. The Morgan fingerprint density at radius 1 is 1.21 bits per heavy atom. The highest BCUT2D eigenvalue weighted by Crippen LogP contribution is 2.22. The van der Waals surface area contributed by atoms with Gasteiger partial charge >= 0.3 is 0 Å². The molecule has 19 heavy (non-hydrogen) atoms. The maximum Gasteiger partial charge on any atom is 0.200 e. The van der Waals surface area contributed by atoms with Gasteiger partial charge in [0.2, 0.25) is 0 Å². The molecule has 0 saturated heterocycles. The number of hydrogen-bond acceptors (Lipinski definition) is 2. The first kappa shape index (κ1) is 14.0. The number of benzene rings is 2. The van der Waals surface area contributed by atoms with E-state index in [-0.39, 0.29) is 18.1 Å². The zero-order valence-electron chi connectivity index (χ0n) is 9.70. The molecule has 0 atom stereocenters. The minimum absolute atomic E-state index is 0.0386. The molecule has 2 aromatic carbocycles. The topological polar surface area (TPSA) is 26.3 Å². The first-order chi connectivity index (χ1) is 9.06. The van der Waals surface area contributed by atoms with E-state index in [1.54, 1.807) is 30.3 Å². The number of carbonyl (C=O) groups is 1. The van der Waals surface area contributed by atoms with E-state index in [4.69, 9.17) is 16.3 Å². The molecule has 98 valence electrons. The van der Waals surface area contributed by atoms with Gasteiger partial charge in [-0.3, -0.25) is 4.79 Å². The quantitative estimate of drug-likeness (QED) is 0.764. The predicted molar refractivity (Wildman–Crippen MR) is 75.4 cm³/mol. The molecule has 0 amide bonds. The Labute approximate surface area is 123 Å². The monoisotopic (exact) mass is 342 g/mol. The van der Waals surface area contributed by atoms with Gasteiger partial charge in [0.25, 0.3) is 0 Å². The van der Waals surface area contributed by atoms with Gasteiger partial charge in [0.05, 0.1) is 0 Å². The average molecular weight is 344 g/mol. The van der Waals surface area contributed by atoms with Gasteiger partial charge in [-0.25, -0.2) is 4.39 Å². The van der Waals surface area contributed by atoms with Crippen LogP contribution < -0.4 is 4.74 Å². The summed E-state index contributed by atoms with van der Waals surface area (Å²) in [6.45, 7) is -0.227. The van der Waals surface area contributed by atoms with Crippen LogP contribution in [0, 0.1) is 5.82 Å². The molecule has 0 radical (unpaired) electrons. The van der Waals surface area contributed by atoms with Gasteiger partial charge in [-0.2, -0.15) is 0 Å². The van der Waals surface area contributed by atoms with E-state index >= 15 is 0 Å². The lowest BCUT2D eigenvalue weighted by Crippen LogP contribution is -2.12. The summed E-state index contributed by atoms with van der Waals surface area (Å²) in [5.41, 5.74) is 0.472. The fourth-order valence-corrected chi connectivity index (χ4v) is 1.92. The molecule has 0 heterocycles. The summed E-state index contributed by atoms with van der Waals surface area (Å²) in [5, 5.41) is 0.551. The highest BCUT2D eigenvalue weighted by molar-refractivity contribution is 9.10. The van der Waals surface area contributed by atoms with Crippen molar-refractivity contribution in [1.82, 2.24) is 0 Å². The third-order valence-corrected chi connectivity index (χ3v) is 3.16. The minimum atomic E-state index is -0.507.